The van der Waals surface area contributed by atoms with Crippen molar-refractivity contribution in [3.8, 4) is 0 Å². The summed E-state index contributed by atoms with van der Waals surface area (Å²) in [6.07, 6.45) is 1.85. The first-order chi connectivity index (χ1) is 4.61. The molecular formula is C6H11ClIN3. The van der Waals surface area contributed by atoms with Crippen LogP contribution in [-0.2, 0) is 0 Å². The number of halogens is 2. The molecule has 0 aromatic heterocycles. The largest absolute Gasteiger partial charge is 0.369 e. The van der Waals surface area contributed by atoms with Crippen LogP contribution in [0.4, 0.5) is 0 Å². The third kappa shape index (κ3) is 2.52. The Morgan fingerprint density at radius 1 is 1.73 bits per heavy atom. The lowest BCUT2D eigenvalue weighted by molar-refractivity contribution is 0.439. The Morgan fingerprint density at radius 2 is 2.27 bits per heavy atom. The fourth-order valence-corrected chi connectivity index (χ4v) is 1.01. The van der Waals surface area contributed by atoms with Crippen LogP contribution in [0.5, 0.6) is 0 Å². The van der Waals surface area contributed by atoms with Crippen molar-refractivity contribution in [3.05, 3.63) is 11.2 Å². The molecule has 0 aromatic carbocycles. The second-order valence-electron chi connectivity index (χ2n) is 2.31. The molecule has 0 radical (unpaired) electrons. The molecule has 0 saturated carbocycles. The van der Waals surface area contributed by atoms with Crippen LogP contribution in [0.15, 0.2) is 16.2 Å². The van der Waals surface area contributed by atoms with Gasteiger partial charge in [-0.2, -0.15) is 0 Å². The van der Waals surface area contributed by atoms with E-state index in [0.29, 0.717) is 11.1 Å². The van der Waals surface area contributed by atoms with Crippen LogP contribution in [0.2, 0.25) is 0 Å². The van der Waals surface area contributed by atoms with Crippen LogP contribution in [0.1, 0.15) is 6.92 Å². The van der Waals surface area contributed by atoms with Gasteiger partial charge in [0.2, 0.25) is 0 Å². The minimum atomic E-state index is 0. The fourth-order valence-electron chi connectivity index (χ4n) is 0.745. The summed E-state index contributed by atoms with van der Waals surface area (Å²) in [5.41, 5.74) is 5.51. The highest BCUT2D eigenvalue weighted by Gasteiger charge is 2.13. The Bertz CT molecular complexity index is 202. The summed E-state index contributed by atoms with van der Waals surface area (Å²) in [5.74, 6) is 0.472. The lowest BCUT2D eigenvalue weighted by Gasteiger charge is -2.26. The molecule has 0 amide bonds. The van der Waals surface area contributed by atoms with Crippen molar-refractivity contribution >= 4 is 41.5 Å². The molecule has 0 saturated heterocycles. The van der Waals surface area contributed by atoms with Crippen LogP contribution in [0, 0.1) is 0 Å². The molecule has 11 heavy (non-hydrogen) atoms. The molecule has 64 valence electrons. The van der Waals surface area contributed by atoms with Gasteiger partial charge in [-0.25, -0.2) is 4.99 Å². The molecule has 0 fully saturated rings. The highest BCUT2D eigenvalue weighted by molar-refractivity contribution is 14.0. The predicted octanol–water partition coefficient (Wildman–Crippen LogP) is 1.33. The fraction of sp³-hybridized carbons (Fsp3) is 0.500. The Hall–Kier alpha value is 0.0300. The molecule has 0 aliphatic carbocycles. The number of likely N-dealkylation sites (N-methyl/N-ethyl adjacent to an activating group) is 1. The SMILES string of the molecule is CC1C=C(Cl)N=C(N)N1C.I. The summed E-state index contributed by atoms with van der Waals surface area (Å²) < 4.78 is 0. The molecule has 0 bridgehead atoms. The van der Waals surface area contributed by atoms with Crippen LogP contribution >= 0.6 is 35.6 Å². The number of hydrogen-bond acceptors (Lipinski definition) is 3. The van der Waals surface area contributed by atoms with Crippen molar-refractivity contribution in [2.45, 2.75) is 13.0 Å². The molecule has 1 aliphatic heterocycles. The normalized spacial score (nSPS) is 23.5. The number of aliphatic imine (C=N–C) groups is 1. The molecule has 1 atom stereocenters. The van der Waals surface area contributed by atoms with Gasteiger partial charge in [0.15, 0.2) is 5.96 Å². The monoisotopic (exact) mass is 287 g/mol. The van der Waals surface area contributed by atoms with Crippen LogP contribution < -0.4 is 5.73 Å². The quantitative estimate of drug-likeness (QED) is 0.539. The topological polar surface area (TPSA) is 41.6 Å². The van der Waals surface area contributed by atoms with Crippen LogP contribution in [-0.4, -0.2) is 23.9 Å². The third-order valence-electron chi connectivity index (χ3n) is 1.57. The standard InChI is InChI=1S/C6H10ClN3.HI/c1-4-3-5(7)9-6(8)10(4)2;/h3-4H,1-2H3,(H2,8,9);1H. The zero-order valence-corrected chi connectivity index (χ0v) is 9.50. The van der Waals surface area contributed by atoms with Gasteiger partial charge in [0.1, 0.15) is 5.16 Å². The number of nitrogens with zero attached hydrogens (tertiary/aromatic N) is 2. The van der Waals surface area contributed by atoms with E-state index in [1.807, 2.05) is 24.9 Å². The molecule has 1 unspecified atom stereocenters. The molecule has 1 aliphatic rings. The van der Waals surface area contributed by atoms with Crippen molar-refractivity contribution in [2.75, 3.05) is 7.05 Å². The van der Waals surface area contributed by atoms with E-state index in [1.165, 1.54) is 0 Å². The predicted molar refractivity (Wildman–Crippen MR) is 58.2 cm³/mol. The maximum Gasteiger partial charge on any atom is 0.197 e. The Labute approximate surface area is 88.3 Å². The Kier molecular flexibility index (Phi) is 4.17. The summed E-state index contributed by atoms with van der Waals surface area (Å²) in [6, 6.07) is 0.241. The Balaban J connectivity index is 0.000001000. The molecule has 1 heterocycles. The number of nitrogens with two attached hydrogens (primary N) is 1. The van der Waals surface area contributed by atoms with E-state index < -0.39 is 0 Å². The number of guanidine groups is 1. The lowest BCUT2D eigenvalue weighted by atomic mass is 10.3. The summed E-state index contributed by atoms with van der Waals surface area (Å²) >= 11 is 5.64. The van der Waals surface area contributed by atoms with Crippen molar-refractivity contribution < 1.29 is 0 Å². The van der Waals surface area contributed by atoms with E-state index >= 15 is 0 Å². The summed E-state index contributed by atoms with van der Waals surface area (Å²) in [7, 11) is 1.88. The second kappa shape index (κ2) is 4.15. The number of rotatable bonds is 0. The van der Waals surface area contributed by atoms with Gasteiger partial charge in [-0.3, -0.25) is 0 Å². The van der Waals surface area contributed by atoms with Gasteiger partial charge in [-0.15, -0.1) is 24.0 Å². The van der Waals surface area contributed by atoms with Gasteiger partial charge >= 0.3 is 0 Å². The van der Waals surface area contributed by atoms with E-state index in [2.05, 4.69) is 4.99 Å². The van der Waals surface area contributed by atoms with E-state index in [1.54, 1.807) is 0 Å². The molecule has 3 nitrogen and oxygen atoms in total. The van der Waals surface area contributed by atoms with Gasteiger partial charge < -0.3 is 10.6 Å². The average molecular weight is 288 g/mol. The zero-order valence-electron chi connectivity index (χ0n) is 6.41. The van der Waals surface area contributed by atoms with Gasteiger partial charge in [0.05, 0.1) is 6.04 Å². The van der Waals surface area contributed by atoms with Gasteiger partial charge in [0, 0.05) is 7.05 Å². The van der Waals surface area contributed by atoms with E-state index in [9.17, 15) is 0 Å². The summed E-state index contributed by atoms with van der Waals surface area (Å²) in [5, 5.41) is 0.475. The van der Waals surface area contributed by atoms with Crippen molar-refractivity contribution in [1.29, 1.82) is 0 Å². The van der Waals surface area contributed by atoms with E-state index in [4.69, 9.17) is 17.3 Å². The van der Waals surface area contributed by atoms with Gasteiger partial charge in [-0.05, 0) is 13.0 Å². The van der Waals surface area contributed by atoms with Crippen molar-refractivity contribution in [3.63, 3.8) is 0 Å². The highest BCUT2D eigenvalue weighted by atomic mass is 127. The first-order valence-corrected chi connectivity index (χ1v) is 3.43. The summed E-state index contributed by atoms with van der Waals surface area (Å²) in [4.78, 5) is 5.71. The van der Waals surface area contributed by atoms with Crippen molar-refractivity contribution in [2.24, 2.45) is 10.7 Å². The van der Waals surface area contributed by atoms with Crippen LogP contribution in [0.25, 0.3) is 0 Å². The molecule has 5 heteroatoms. The molecule has 2 N–H and O–H groups in total. The highest BCUT2D eigenvalue weighted by Crippen LogP contribution is 2.13. The Morgan fingerprint density at radius 3 is 2.73 bits per heavy atom. The van der Waals surface area contributed by atoms with Gasteiger partial charge in [-0.1, -0.05) is 11.6 Å². The maximum absolute atomic E-state index is 5.64. The van der Waals surface area contributed by atoms with E-state index in [-0.39, 0.29) is 30.0 Å². The van der Waals surface area contributed by atoms with Gasteiger partial charge in [0.25, 0.3) is 0 Å². The zero-order chi connectivity index (χ0) is 7.72. The average Bonchev–Trinajstić information content (AvgIpc) is 1.82. The third-order valence-corrected chi connectivity index (χ3v) is 1.78. The minimum absolute atomic E-state index is 0. The lowest BCUT2D eigenvalue weighted by Crippen LogP contribution is -2.41. The first kappa shape index (κ1) is 11.0. The van der Waals surface area contributed by atoms with Crippen molar-refractivity contribution in [1.82, 2.24) is 4.90 Å². The first-order valence-electron chi connectivity index (χ1n) is 3.05. The number of hydrogen-bond donors (Lipinski definition) is 1. The summed E-state index contributed by atoms with van der Waals surface area (Å²) in [6.45, 7) is 2.00. The second-order valence-corrected chi connectivity index (χ2v) is 2.70. The smallest absolute Gasteiger partial charge is 0.197 e. The maximum atomic E-state index is 5.64. The minimum Gasteiger partial charge on any atom is -0.369 e. The van der Waals surface area contributed by atoms with E-state index in [0.717, 1.165) is 0 Å². The molecule has 1 rings (SSSR count). The molecular weight excluding hydrogens is 276 g/mol. The van der Waals surface area contributed by atoms with Crippen LogP contribution in [0.3, 0.4) is 0 Å². The molecule has 0 spiro atoms. The molecule has 0 aromatic rings.